The van der Waals surface area contributed by atoms with E-state index in [-0.39, 0.29) is 11.0 Å². The molecule has 1 heterocycles. The van der Waals surface area contributed by atoms with E-state index in [1.807, 2.05) is 0 Å². The second-order valence-corrected chi connectivity index (χ2v) is 5.41. The average molecular weight is 331 g/mol. The van der Waals surface area contributed by atoms with Crippen molar-refractivity contribution in [3.05, 3.63) is 51.2 Å². The lowest BCUT2D eigenvalue weighted by Gasteiger charge is -2.09. The van der Waals surface area contributed by atoms with Crippen LogP contribution in [0.3, 0.4) is 0 Å². The summed E-state index contributed by atoms with van der Waals surface area (Å²) in [5.41, 5.74) is 7.39. The normalized spacial score (nSPS) is 11.2. The second kappa shape index (κ2) is 4.81. The number of hydrogen-bond donors (Lipinski definition) is 1. The third-order valence-corrected chi connectivity index (χ3v) is 3.72. The fourth-order valence-electron chi connectivity index (χ4n) is 2.00. The number of rotatable bonds is 1. The van der Waals surface area contributed by atoms with Gasteiger partial charge < -0.3 is 5.73 Å². The Hall–Kier alpha value is -1.49. The Morgan fingerprint density at radius 2 is 1.80 bits per heavy atom. The molecule has 7 heteroatoms. The number of anilines is 1. The predicted molar refractivity (Wildman–Crippen MR) is 80.5 cm³/mol. The number of benzene rings is 2. The van der Waals surface area contributed by atoms with Crippen molar-refractivity contribution in [2.24, 2.45) is 0 Å². The standard InChI is InChI=1S/C13H7Cl3FN3/c14-6-1-2-7(15)11(3-6)20-12-4-8(16)9(17)5-10(12)19-13(20)18/h1-5H,(H2,18,19). The number of hydrogen-bond acceptors (Lipinski definition) is 2. The third-order valence-electron chi connectivity index (χ3n) is 2.87. The van der Waals surface area contributed by atoms with Crippen molar-refractivity contribution in [1.29, 1.82) is 0 Å². The monoisotopic (exact) mass is 329 g/mol. The van der Waals surface area contributed by atoms with Crippen molar-refractivity contribution in [1.82, 2.24) is 9.55 Å². The molecule has 20 heavy (non-hydrogen) atoms. The highest BCUT2D eigenvalue weighted by Crippen LogP contribution is 2.32. The summed E-state index contributed by atoms with van der Waals surface area (Å²) in [5.74, 6) is -0.383. The zero-order valence-electron chi connectivity index (χ0n) is 9.87. The first-order chi connectivity index (χ1) is 9.47. The van der Waals surface area contributed by atoms with Crippen LogP contribution in [0.15, 0.2) is 30.3 Å². The van der Waals surface area contributed by atoms with Gasteiger partial charge in [-0.15, -0.1) is 0 Å². The molecule has 0 saturated heterocycles. The van der Waals surface area contributed by atoms with Crippen molar-refractivity contribution in [2.75, 3.05) is 5.73 Å². The van der Waals surface area contributed by atoms with Gasteiger partial charge in [0.1, 0.15) is 5.82 Å². The first-order valence-electron chi connectivity index (χ1n) is 5.56. The van der Waals surface area contributed by atoms with Crippen molar-refractivity contribution < 1.29 is 4.39 Å². The Labute approximate surface area is 128 Å². The fraction of sp³-hybridized carbons (Fsp3) is 0. The molecule has 0 aliphatic rings. The number of nitrogens with two attached hydrogens (primary N) is 1. The van der Waals surface area contributed by atoms with Crippen LogP contribution in [0.1, 0.15) is 0 Å². The van der Waals surface area contributed by atoms with E-state index in [2.05, 4.69) is 4.98 Å². The largest absolute Gasteiger partial charge is 0.369 e. The topological polar surface area (TPSA) is 43.8 Å². The Kier molecular flexibility index (Phi) is 3.24. The minimum Gasteiger partial charge on any atom is -0.369 e. The van der Waals surface area contributed by atoms with Gasteiger partial charge in [0.15, 0.2) is 0 Å². The Bertz CT molecular complexity index is 829. The lowest BCUT2D eigenvalue weighted by molar-refractivity contribution is 0.630. The van der Waals surface area contributed by atoms with Gasteiger partial charge >= 0.3 is 0 Å². The van der Waals surface area contributed by atoms with Crippen LogP contribution >= 0.6 is 34.8 Å². The molecular weight excluding hydrogens is 324 g/mol. The Morgan fingerprint density at radius 3 is 2.55 bits per heavy atom. The van der Waals surface area contributed by atoms with Crippen LogP contribution in [-0.2, 0) is 0 Å². The first kappa shape index (κ1) is 13.5. The molecule has 0 aliphatic carbocycles. The van der Waals surface area contributed by atoms with Crippen LogP contribution in [0.4, 0.5) is 10.3 Å². The smallest absolute Gasteiger partial charge is 0.205 e. The molecule has 0 saturated carbocycles. The zero-order valence-corrected chi connectivity index (χ0v) is 12.1. The van der Waals surface area contributed by atoms with Gasteiger partial charge in [0, 0.05) is 11.1 Å². The molecule has 3 rings (SSSR count). The molecule has 102 valence electrons. The number of imidazole rings is 1. The van der Waals surface area contributed by atoms with E-state index in [1.165, 1.54) is 12.1 Å². The summed E-state index contributed by atoms with van der Waals surface area (Å²) in [6.45, 7) is 0. The number of nitrogen functional groups attached to an aromatic ring is 1. The Morgan fingerprint density at radius 1 is 1.05 bits per heavy atom. The highest BCUT2D eigenvalue weighted by Gasteiger charge is 2.15. The molecule has 0 fully saturated rings. The number of aromatic nitrogens is 2. The SMILES string of the molecule is Nc1nc2cc(F)c(Cl)cc2n1-c1cc(Cl)ccc1Cl. The van der Waals surface area contributed by atoms with E-state index >= 15 is 0 Å². The van der Waals surface area contributed by atoms with Gasteiger partial charge in [-0.1, -0.05) is 34.8 Å². The van der Waals surface area contributed by atoms with Gasteiger partial charge in [0.05, 0.1) is 26.8 Å². The number of nitrogens with zero attached hydrogens (tertiary/aromatic N) is 2. The van der Waals surface area contributed by atoms with Crippen LogP contribution in [-0.4, -0.2) is 9.55 Å². The lowest BCUT2D eigenvalue weighted by atomic mass is 10.2. The van der Waals surface area contributed by atoms with Gasteiger partial charge in [-0.05, 0) is 24.3 Å². The van der Waals surface area contributed by atoms with E-state index < -0.39 is 5.82 Å². The summed E-state index contributed by atoms with van der Waals surface area (Å²) < 4.78 is 15.0. The van der Waals surface area contributed by atoms with E-state index in [4.69, 9.17) is 40.5 Å². The average Bonchev–Trinajstić information content (AvgIpc) is 2.69. The van der Waals surface area contributed by atoms with E-state index in [0.717, 1.165) is 0 Å². The van der Waals surface area contributed by atoms with Gasteiger partial charge in [-0.25, -0.2) is 9.37 Å². The summed E-state index contributed by atoms with van der Waals surface area (Å²) in [4.78, 5) is 4.10. The van der Waals surface area contributed by atoms with Gasteiger partial charge in [-0.3, -0.25) is 4.57 Å². The third kappa shape index (κ3) is 2.10. The van der Waals surface area contributed by atoms with Gasteiger partial charge in [-0.2, -0.15) is 0 Å². The summed E-state index contributed by atoms with van der Waals surface area (Å²) in [7, 11) is 0. The summed E-state index contributed by atoms with van der Waals surface area (Å²) in [5, 5.41) is 0.927. The molecule has 3 aromatic rings. The van der Waals surface area contributed by atoms with E-state index in [0.29, 0.717) is 26.8 Å². The van der Waals surface area contributed by atoms with Crippen LogP contribution < -0.4 is 5.73 Å². The summed E-state index contributed by atoms with van der Waals surface area (Å²) in [6, 6.07) is 7.64. The van der Waals surface area contributed by atoms with Crippen LogP contribution in [0, 0.1) is 5.82 Å². The maximum absolute atomic E-state index is 13.5. The quantitative estimate of drug-likeness (QED) is 0.702. The van der Waals surface area contributed by atoms with Crippen molar-refractivity contribution >= 4 is 51.8 Å². The molecule has 2 aromatic carbocycles. The van der Waals surface area contributed by atoms with Crippen molar-refractivity contribution in [3.8, 4) is 5.69 Å². The fourth-order valence-corrected chi connectivity index (χ4v) is 2.53. The molecule has 0 aliphatic heterocycles. The van der Waals surface area contributed by atoms with Crippen molar-refractivity contribution in [3.63, 3.8) is 0 Å². The van der Waals surface area contributed by atoms with Crippen LogP contribution in [0.5, 0.6) is 0 Å². The number of fused-ring (bicyclic) bond motifs is 1. The maximum Gasteiger partial charge on any atom is 0.205 e. The van der Waals surface area contributed by atoms with Gasteiger partial charge in [0.2, 0.25) is 5.95 Å². The highest BCUT2D eigenvalue weighted by molar-refractivity contribution is 6.34. The summed E-state index contributed by atoms with van der Waals surface area (Å²) in [6.07, 6.45) is 0. The molecule has 2 N–H and O–H groups in total. The van der Waals surface area contributed by atoms with Crippen LogP contribution in [0.2, 0.25) is 15.1 Å². The molecule has 0 amide bonds. The van der Waals surface area contributed by atoms with Crippen LogP contribution in [0.25, 0.3) is 16.7 Å². The molecular formula is C13H7Cl3FN3. The number of halogens is 4. The van der Waals surface area contributed by atoms with E-state index in [1.54, 1.807) is 22.8 Å². The molecule has 1 aromatic heterocycles. The minimum absolute atomic E-state index is 0.0169. The first-order valence-corrected chi connectivity index (χ1v) is 6.69. The predicted octanol–water partition coefficient (Wildman–Crippen LogP) is 4.71. The molecule has 0 atom stereocenters. The highest BCUT2D eigenvalue weighted by atomic mass is 35.5. The molecule has 0 spiro atoms. The van der Waals surface area contributed by atoms with E-state index in [9.17, 15) is 4.39 Å². The maximum atomic E-state index is 13.5. The summed E-state index contributed by atoms with van der Waals surface area (Å²) >= 11 is 17.9. The van der Waals surface area contributed by atoms with Gasteiger partial charge in [0.25, 0.3) is 0 Å². The molecule has 0 radical (unpaired) electrons. The molecule has 0 unspecified atom stereocenters. The second-order valence-electron chi connectivity index (χ2n) is 4.16. The molecule has 0 bridgehead atoms. The minimum atomic E-state index is -0.555. The Balaban J connectivity index is 2.38. The zero-order chi connectivity index (χ0) is 14.4. The lowest BCUT2D eigenvalue weighted by Crippen LogP contribution is -2.01. The molecule has 3 nitrogen and oxygen atoms in total. The van der Waals surface area contributed by atoms with Crippen molar-refractivity contribution in [2.45, 2.75) is 0 Å².